The summed E-state index contributed by atoms with van der Waals surface area (Å²) in [4.78, 5) is 0. The first-order valence-corrected chi connectivity index (χ1v) is 2.98. The Kier molecular flexibility index (Phi) is 0.887. The van der Waals surface area contributed by atoms with E-state index < -0.39 is 0 Å². The molecule has 0 radical (unpaired) electrons. The molecule has 2 heterocycles. The maximum Gasteiger partial charge on any atom is 0.379 e. The third kappa shape index (κ3) is 0.556. The highest BCUT2D eigenvalue weighted by atomic mass is 15.3. The molecule has 4 nitrogen and oxygen atoms in total. The lowest BCUT2D eigenvalue weighted by Gasteiger charge is -1.82. The number of nitrogens with zero attached hydrogens (tertiary/aromatic N) is 2. The number of nitrogens with one attached hydrogen (secondary N) is 1. The normalized spacial score (nSPS) is 10.4. The Bertz CT molecular complexity index is 351. The Morgan fingerprint density at radius 1 is 1.50 bits per heavy atom. The van der Waals surface area contributed by atoms with Crippen LogP contribution in [0.15, 0.2) is 24.4 Å². The van der Waals surface area contributed by atoms with Crippen LogP contribution in [-0.2, 0) is 0 Å². The summed E-state index contributed by atoms with van der Waals surface area (Å²) in [6, 6.07) is 5.73. The quantitative estimate of drug-likeness (QED) is 0.488. The number of aromatic nitrogens is 3. The molecule has 50 valence electrons. The number of rotatable bonds is 0. The van der Waals surface area contributed by atoms with Crippen LogP contribution < -0.4 is 10.1 Å². The smallest absolute Gasteiger partial charge is 0.305 e. The van der Waals surface area contributed by atoms with Crippen molar-refractivity contribution in [2.75, 3.05) is 5.73 Å². The summed E-state index contributed by atoms with van der Waals surface area (Å²) in [6.07, 6.45) is 1.86. The summed E-state index contributed by atoms with van der Waals surface area (Å²) >= 11 is 0. The van der Waals surface area contributed by atoms with E-state index >= 15 is 0 Å². The van der Waals surface area contributed by atoms with Crippen LogP contribution in [0, 0.1) is 0 Å². The molecule has 0 bridgehead atoms. The van der Waals surface area contributed by atoms with Gasteiger partial charge in [0, 0.05) is 11.2 Å². The number of pyridine rings is 1. The standard InChI is InChI=1S/C6H6N4/c7-6-9-8-5-3-1-2-4-10(5)6/h1-4H,(H2,7,9)/p+1. The molecule has 10 heavy (non-hydrogen) atoms. The lowest BCUT2D eigenvalue weighted by molar-refractivity contribution is -0.495. The summed E-state index contributed by atoms with van der Waals surface area (Å²) in [5.74, 6) is 0.482. The number of aromatic amines is 1. The van der Waals surface area contributed by atoms with Crippen molar-refractivity contribution in [3.8, 4) is 0 Å². The molecule has 0 spiro atoms. The zero-order chi connectivity index (χ0) is 6.97. The molecule has 0 saturated heterocycles. The van der Waals surface area contributed by atoms with Crippen LogP contribution in [0.2, 0.25) is 0 Å². The maximum absolute atomic E-state index is 5.50. The minimum absolute atomic E-state index is 0.482. The van der Waals surface area contributed by atoms with E-state index in [1.807, 2.05) is 24.4 Å². The molecule has 0 aliphatic heterocycles. The fourth-order valence-electron chi connectivity index (χ4n) is 0.902. The van der Waals surface area contributed by atoms with E-state index in [4.69, 9.17) is 5.73 Å². The summed E-state index contributed by atoms with van der Waals surface area (Å²) < 4.78 is 1.78. The highest BCUT2D eigenvalue weighted by Crippen LogP contribution is 1.91. The van der Waals surface area contributed by atoms with E-state index in [-0.39, 0.29) is 0 Å². The van der Waals surface area contributed by atoms with Crippen molar-refractivity contribution in [3.05, 3.63) is 24.4 Å². The van der Waals surface area contributed by atoms with E-state index in [1.165, 1.54) is 0 Å². The molecule has 0 aliphatic rings. The van der Waals surface area contributed by atoms with Gasteiger partial charge in [0.2, 0.25) is 5.65 Å². The lowest BCUT2D eigenvalue weighted by atomic mass is 10.5. The molecular formula is C6H7N4+. The SMILES string of the molecule is Nc1n[nH]c2cccc[n+]12. The number of nitrogen functional groups attached to an aromatic ring is 1. The molecule has 0 aliphatic carbocycles. The molecule has 0 atom stereocenters. The molecule has 0 aromatic carbocycles. The molecule has 0 amide bonds. The monoisotopic (exact) mass is 135 g/mol. The third-order valence-electron chi connectivity index (χ3n) is 1.39. The second-order valence-electron chi connectivity index (χ2n) is 2.04. The number of hydrogen-bond donors (Lipinski definition) is 2. The number of hydrogen-bond acceptors (Lipinski definition) is 2. The Balaban J connectivity index is 2.93. The average molecular weight is 135 g/mol. The first-order valence-electron chi connectivity index (χ1n) is 2.98. The van der Waals surface area contributed by atoms with Gasteiger partial charge in [0.05, 0.1) is 6.20 Å². The predicted octanol–water partition coefficient (Wildman–Crippen LogP) is -0.269. The van der Waals surface area contributed by atoms with Crippen LogP contribution in [0.1, 0.15) is 0 Å². The molecular weight excluding hydrogens is 128 g/mol. The lowest BCUT2D eigenvalue weighted by Crippen LogP contribution is -2.22. The van der Waals surface area contributed by atoms with Gasteiger partial charge in [-0.25, -0.2) is 0 Å². The van der Waals surface area contributed by atoms with Gasteiger partial charge in [0.15, 0.2) is 0 Å². The van der Waals surface area contributed by atoms with Gasteiger partial charge in [0.1, 0.15) is 0 Å². The van der Waals surface area contributed by atoms with Crippen LogP contribution in [-0.4, -0.2) is 10.2 Å². The highest BCUT2D eigenvalue weighted by molar-refractivity contribution is 5.29. The Labute approximate surface area is 57.3 Å². The topological polar surface area (TPSA) is 58.8 Å². The summed E-state index contributed by atoms with van der Waals surface area (Å²) in [5, 5.41) is 6.59. The van der Waals surface area contributed by atoms with Gasteiger partial charge >= 0.3 is 5.95 Å². The van der Waals surface area contributed by atoms with Gasteiger partial charge in [-0.3, -0.25) is 0 Å². The van der Waals surface area contributed by atoms with Gasteiger partial charge in [-0.1, -0.05) is 6.07 Å². The van der Waals surface area contributed by atoms with E-state index in [0.29, 0.717) is 5.95 Å². The van der Waals surface area contributed by atoms with Gasteiger partial charge in [-0.05, 0) is 6.07 Å². The van der Waals surface area contributed by atoms with E-state index in [0.717, 1.165) is 5.65 Å². The Morgan fingerprint density at radius 3 is 3.20 bits per heavy atom. The highest BCUT2D eigenvalue weighted by Gasteiger charge is 2.04. The zero-order valence-electron chi connectivity index (χ0n) is 5.28. The number of nitrogens with two attached hydrogens (primary N) is 1. The van der Waals surface area contributed by atoms with Crippen LogP contribution >= 0.6 is 0 Å². The van der Waals surface area contributed by atoms with E-state index in [9.17, 15) is 0 Å². The molecule has 3 N–H and O–H groups in total. The average Bonchev–Trinajstić information content (AvgIpc) is 2.34. The molecule has 0 fully saturated rings. The van der Waals surface area contributed by atoms with Crippen molar-refractivity contribution < 1.29 is 4.40 Å². The van der Waals surface area contributed by atoms with Crippen molar-refractivity contribution in [3.63, 3.8) is 0 Å². The van der Waals surface area contributed by atoms with Crippen LogP contribution in [0.3, 0.4) is 0 Å². The van der Waals surface area contributed by atoms with Crippen molar-refractivity contribution in [2.45, 2.75) is 0 Å². The van der Waals surface area contributed by atoms with Crippen LogP contribution in [0.4, 0.5) is 5.95 Å². The van der Waals surface area contributed by atoms with Crippen molar-refractivity contribution in [2.24, 2.45) is 0 Å². The minimum Gasteiger partial charge on any atom is -0.305 e. The number of anilines is 1. The van der Waals surface area contributed by atoms with Gasteiger partial charge < -0.3 is 5.73 Å². The van der Waals surface area contributed by atoms with Crippen LogP contribution in [0.25, 0.3) is 5.65 Å². The predicted molar refractivity (Wildman–Crippen MR) is 36.2 cm³/mol. The van der Waals surface area contributed by atoms with Gasteiger partial charge in [-0.15, -0.1) is 0 Å². The van der Waals surface area contributed by atoms with Gasteiger partial charge in [-0.2, -0.15) is 9.50 Å². The van der Waals surface area contributed by atoms with Crippen LogP contribution in [0.5, 0.6) is 0 Å². The fraction of sp³-hybridized carbons (Fsp3) is 0. The Hall–Kier alpha value is -1.58. The molecule has 2 aromatic heterocycles. The maximum atomic E-state index is 5.50. The summed E-state index contributed by atoms with van der Waals surface area (Å²) in [6.45, 7) is 0. The van der Waals surface area contributed by atoms with Crippen molar-refractivity contribution in [1.82, 2.24) is 10.2 Å². The molecule has 4 heteroatoms. The first kappa shape index (κ1) is 5.22. The van der Waals surface area contributed by atoms with Crippen molar-refractivity contribution in [1.29, 1.82) is 0 Å². The second kappa shape index (κ2) is 1.70. The second-order valence-corrected chi connectivity index (χ2v) is 2.04. The minimum atomic E-state index is 0.482. The molecule has 0 saturated carbocycles. The zero-order valence-corrected chi connectivity index (χ0v) is 5.28. The van der Waals surface area contributed by atoms with E-state index in [1.54, 1.807) is 4.40 Å². The molecule has 2 rings (SSSR count). The fourth-order valence-corrected chi connectivity index (χ4v) is 0.902. The number of H-pyrrole nitrogens is 1. The van der Waals surface area contributed by atoms with Crippen molar-refractivity contribution >= 4 is 11.6 Å². The number of fused-ring (bicyclic) bond motifs is 1. The van der Waals surface area contributed by atoms with Gasteiger partial charge in [0.25, 0.3) is 0 Å². The largest absolute Gasteiger partial charge is 0.379 e. The summed E-state index contributed by atoms with van der Waals surface area (Å²) in [5.41, 5.74) is 6.40. The molecule has 0 unspecified atom stereocenters. The molecule has 2 aromatic rings. The first-order chi connectivity index (χ1) is 4.88. The Morgan fingerprint density at radius 2 is 2.40 bits per heavy atom. The van der Waals surface area contributed by atoms with E-state index in [2.05, 4.69) is 10.2 Å². The third-order valence-corrected chi connectivity index (χ3v) is 1.39. The summed E-state index contributed by atoms with van der Waals surface area (Å²) in [7, 11) is 0.